The van der Waals surface area contributed by atoms with Crippen LogP contribution in [0.2, 0.25) is 0 Å². The van der Waals surface area contributed by atoms with E-state index in [2.05, 4.69) is 18.5 Å². The number of rotatable bonds is 4. The fourth-order valence-electron chi connectivity index (χ4n) is 1.46. The van der Waals surface area contributed by atoms with Crippen LogP contribution in [0.1, 0.15) is 25.7 Å². The van der Waals surface area contributed by atoms with Crippen LogP contribution in [0.3, 0.4) is 0 Å². The molecule has 1 atom stereocenters. The van der Waals surface area contributed by atoms with Crippen molar-refractivity contribution >= 4 is 0 Å². The topological polar surface area (TPSA) is 12.0 Å². The maximum atomic E-state index is 3.89. The zero-order valence-electron chi connectivity index (χ0n) is 7.10. The Morgan fingerprint density at radius 1 is 1.64 bits per heavy atom. The van der Waals surface area contributed by atoms with E-state index in [1.54, 1.807) is 0 Å². The standard InChI is InChI=1S/C10H17N/c1-3-9(2)6-7-10-5-4-8-11-10/h3,10-11H,1-2,4-8H2. The molecule has 0 spiro atoms. The molecule has 1 heterocycles. The van der Waals surface area contributed by atoms with Crippen molar-refractivity contribution in [3.05, 3.63) is 24.8 Å². The van der Waals surface area contributed by atoms with Crippen LogP contribution in [0.15, 0.2) is 24.8 Å². The van der Waals surface area contributed by atoms with E-state index in [0.29, 0.717) is 0 Å². The molecule has 11 heavy (non-hydrogen) atoms. The molecular formula is C10H17N. The summed E-state index contributed by atoms with van der Waals surface area (Å²) in [5.41, 5.74) is 1.17. The lowest BCUT2D eigenvalue weighted by molar-refractivity contribution is 0.560. The molecule has 1 saturated heterocycles. The first kappa shape index (κ1) is 8.54. The molecule has 0 bridgehead atoms. The SMILES string of the molecule is C=CC(=C)CCC1CCCN1. The summed E-state index contributed by atoms with van der Waals surface area (Å²) in [7, 11) is 0. The Bertz CT molecular complexity index is 143. The van der Waals surface area contributed by atoms with Crippen molar-refractivity contribution in [2.45, 2.75) is 31.7 Å². The molecule has 0 saturated carbocycles. The Labute approximate surface area is 69.2 Å². The van der Waals surface area contributed by atoms with Gasteiger partial charge in [-0.1, -0.05) is 24.8 Å². The first-order valence-corrected chi connectivity index (χ1v) is 4.36. The highest BCUT2D eigenvalue weighted by atomic mass is 14.9. The number of nitrogens with one attached hydrogen (secondary N) is 1. The van der Waals surface area contributed by atoms with Crippen molar-refractivity contribution in [3.63, 3.8) is 0 Å². The molecule has 62 valence electrons. The monoisotopic (exact) mass is 151 g/mol. The van der Waals surface area contributed by atoms with Crippen molar-refractivity contribution in [3.8, 4) is 0 Å². The molecule has 1 nitrogen and oxygen atoms in total. The van der Waals surface area contributed by atoms with Gasteiger partial charge in [0.1, 0.15) is 0 Å². The van der Waals surface area contributed by atoms with Gasteiger partial charge in [0, 0.05) is 6.04 Å². The van der Waals surface area contributed by atoms with Crippen molar-refractivity contribution in [1.29, 1.82) is 0 Å². The first-order chi connectivity index (χ1) is 5.33. The zero-order valence-corrected chi connectivity index (χ0v) is 7.10. The van der Waals surface area contributed by atoms with Gasteiger partial charge >= 0.3 is 0 Å². The van der Waals surface area contributed by atoms with E-state index in [9.17, 15) is 0 Å². The lowest BCUT2D eigenvalue weighted by atomic mass is 10.1. The van der Waals surface area contributed by atoms with Crippen molar-refractivity contribution in [2.24, 2.45) is 0 Å². The number of hydrogen-bond acceptors (Lipinski definition) is 1. The van der Waals surface area contributed by atoms with Gasteiger partial charge in [-0.3, -0.25) is 0 Å². The predicted molar refractivity (Wildman–Crippen MR) is 49.6 cm³/mol. The Morgan fingerprint density at radius 2 is 2.45 bits per heavy atom. The van der Waals surface area contributed by atoms with Crippen LogP contribution in [-0.4, -0.2) is 12.6 Å². The lowest BCUT2D eigenvalue weighted by Crippen LogP contribution is -2.20. The van der Waals surface area contributed by atoms with E-state index >= 15 is 0 Å². The van der Waals surface area contributed by atoms with E-state index in [-0.39, 0.29) is 0 Å². The Kier molecular flexibility index (Phi) is 3.37. The molecule has 1 unspecified atom stereocenters. The van der Waals surface area contributed by atoms with Crippen molar-refractivity contribution < 1.29 is 0 Å². The van der Waals surface area contributed by atoms with Gasteiger partial charge in [-0.15, -0.1) is 0 Å². The number of allylic oxidation sites excluding steroid dienone is 2. The lowest BCUT2D eigenvalue weighted by Gasteiger charge is -2.08. The summed E-state index contributed by atoms with van der Waals surface area (Å²) < 4.78 is 0. The normalized spacial score (nSPS) is 23.5. The van der Waals surface area contributed by atoms with E-state index in [1.165, 1.54) is 31.4 Å². The van der Waals surface area contributed by atoms with Gasteiger partial charge in [-0.25, -0.2) is 0 Å². The van der Waals surface area contributed by atoms with Crippen LogP contribution in [0.5, 0.6) is 0 Å². The second kappa shape index (κ2) is 4.35. The van der Waals surface area contributed by atoms with E-state index in [1.807, 2.05) is 6.08 Å². The van der Waals surface area contributed by atoms with Gasteiger partial charge < -0.3 is 5.32 Å². The third-order valence-electron chi connectivity index (χ3n) is 2.26. The molecule has 1 fully saturated rings. The van der Waals surface area contributed by atoms with Gasteiger partial charge in [0.25, 0.3) is 0 Å². The van der Waals surface area contributed by atoms with Gasteiger partial charge in [-0.2, -0.15) is 0 Å². The Hall–Kier alpha value is -0.560. The van der Waals surface area contributed by atoms with E-state index in [4.69, 9.17) is 0 Å². The average molecular weight is 151 g/mol. The predicted octanol–water partition coefficient (Wildman–Crippen LogP) is 2.26. The molecule has 1 aliphatic rings. The Balaban J connectivity index is 2.10. The Morgan fingerprint density at radius 3 is 3.00 bits per heavy atom. The summed E-state index contributed by atoms with van der Waals surface area (Å²) in [4.78, 5) is 0. The second-order valence-corrected chi connectivity index (χ2v) is 3.19. The van der Waals surface area contributed by atoms with Crippen LogP contribution in [0.4, 0.5) is 0 Å². The fraction of sp³-hybridized carbons (Fsp3) is 0.600. The molecule has 0 aliphatic carbocycles. The maximum absolute atomic E-state index is 3.89. The minimum absolute atomic E-state index is 0.742. The van der Waals surface area contributed by atoms with Crippen molar-refractivity contribution in [1.82, 2.24) is 5.32 Å². The van der Waals surface area contributed by atoms with Crippen LogP contribution in [-0.2, 0) is 0 Å². The third-order valence-corrected chi connectivity index (χ3v) is 2.26. The maximum Gasteiger partial charge on any atom is 0.00706 e. The minimum atomic E-state index is 0.742. The van der Waals surface area contributed by atoms with Crippen molar-refractivity contribution in [2.75, 3.05) is 6.54 Å². The van der Waals surface area contributed by atoms with Gasteiger partial charge in [-0.05, 0) is 32.2 Å². The first-order valence-electron chi connectivity index (χ1n) is 4.36. The molecule has 1 heteroatoms. The molecule has 1 rings (SSSR count). The quantitative estimate of drug-likeness (QED) is 0.608. The highest BCUT2D eigenvalue weighted by Gasteiger charge is 2.12. The van der Waals surface area contributed by atoms with E-state index in [0.717, 1.165) is 12.5 Å². The smallest absolute Gasteiger partial charge is 0.00706 e. The average Bonchev–Trinajstić information content (AvgIpc) is 2.52. The van der Waals surface area contributed by atoms with Crippen LogP contribution in [0.25, 0.3) is 0 Å². The summed E-state index contributed by atoms with van der Waals surface area (Å²) in [5.74, 6) is 0. The molecule has 1 aliphatic heterocycles. The third kappa shape index (κ3) is 2.89. The fourth-order valence-corrected chi connectivity index (χ4v) is 1.46. The summed E-state index contributed by atoms with van der Waals surface area (Å²) in [6.07, 6.45) is 6.86. The summed E-state index contributed by atoms with van der Waals surface area (Å²) in [6, 6.07) is 0.742. The highest BCUT2D eigenvalue weighted by molar-refractivity contribution is 5.10. The van der Waals surface area contributed by atoms with Crippen LogP contribution < -0.4 is 5.32 Å². The summed E-state index contributed by atoms with van der Waals surface area (Å²) >= 11 is 0. The van der Waals surface area contributed by atoms with Crippen LogP contribution >= 0.6 is 0 Å². The molecule has 1 N–H and O–H groups in total. The largest absolute Gasteiger partial charge is 0.314 e. The summed E-state index contributed by atoms with van der Waals surface area (Å²) in [6.45, 7) is 8.77. The van der Waals surface area contributed by atoms with Crippen LogP contribution in [0, 0.1) is 0 Å². The molecule has 0 aromatic carbocycles. The van der Waals surface area contributed by atoms with Gasteiger partial charge in [0.15, 0.2) is 0 Å². The molecule has 0 aromatic heterocycles. The number of hydrogen-bond donors (Lipinski definition) is 1. The highest BCUT2D eigenvalue weighted by Crippen LogP contribution is 2.13. The minimum Gasteiger partial charge on any atom is -0.314 e. The van der Waals surface area contributed by atoms with Gasteiger partial charge in [0.05, 0.1) is 0 Å². The zero-order chi connectivity index (χ0) is 8.10. The van der Waals surface area contributed by atoms with Gasteiger partial charge in [0.2, 0.25) is 0 Å². The molecule has 0 aromatic rings. The molecule has 0 amide bonds. The second-order valence-electron chi connectivity index (χ2n) is 3.19. The molecular weight excluding hydrogens is 134 g/mol. The van der Waals surface area contributed by atoms with E-state index < -0.39 is 0 Å². The summed E-state index contributed by atoms with van der Waals surface area (Å²) in [5, 5.41) is 3.46. The molecule has 0 radical (unpaired) electrons.